The molecule has 3 atom stereocenters. The average Bonchev–Trinajstić information content (AvgIpc) is 3.14. The molecular formula is C18H18N2O2. The van der Waals surface area contributed by atoms with Crippen LogP contribution in [0.25, 0.3) is 10.9 Å². The molecule has 22 heavy (non-hydrogen) atoms. The molecule has 1 saturated carbocycles. The Balaban J connectivity index is 1.55. The summed E-state index contributed by atoms with van der Waals surface area (Å²) in [6.07, 6.45) is 6.98. The molecule has 1 aromatic carbocycles. The van der Waals surface area contributed by atoms with E-state index < -0.39 is 0 Å². The quantitative estimate of drug-likeness (QED) is 0.854. The Morgan fingerprint density at radius 3 is 2.86 bits per heavy atom. The van der Waals surface area contributed by atoms with Gasteiger partial charge in [-0.05, 0) is 36.7 Å². The second kappa shape index (κ2) is 5.13. The first-order valence-electron chi connectivity index (χ1n) is 7.79. The summed E-state index contributed by atoms with van der Waals surface area (Å²) in [4.78, 5) is 27.0. The van der Waals surface area contributed by atoms with Crippen LogP contribution in [0.5, 0.6) is 0 Å². The summed E-state index contributed by atoms with van der Waals surface area (Å²) >= 11 is 0. The first-order valence-corrected chi connectivity index (χ1v) is 7.79. The highest BCUT2D eigenvalue weighted by Crippen LogP contribution is 2.42. The first kappa shape index (κ1) is 13.3. The number of allylic oxidation sites excluding steroid dienone is 2. The molecule has 4 nitrogen and oxygen atoms in total. The summed E-state index contributed by atoms with van der Waals surface area (Å²) in [5.41, 5.74) is 0.910. The number of hydrogen-bond acceptors (Lipinski definition) is 2. The van der Waals surface area contributed by atoms with E-state index in [-0.39, 0.29) is 11.5 Å². The molecule has 0 aliphatic heterocycles. The molecule has 1 amide bonds. The maximum atomic E-state index is 12.5. The zero-order chi connectivity index (χ0) is 15.1. The second-order valence-corrected chi connectivity index (χ2v) is 6.34. The topological polar surface area (TPSA) is 62.0 Å². The number of carbonyl (C=O) groups is 1. The zero-order valence-corrected chi connectivity index (χ0v) is 12.2. The molecule has 1 heterocycles. The minimum absolute atomic E-state index is 0.158. The lowest BCUT2D eigenvalue weighted by Gasteiger charge is -2.18. The van der Waals surface area contributed by atoms with Gasteiger partial charge >= 0.3 is 0 Å². The van der Waals surface area contributed by atoms with Crippen LogP contribution >= 0.6 is 0 Å². The van der Waals surface area contributed by atoms with Gasteiger partial charge in [-0.15, -0.1) is 0 Å². The van der Waals surface area contributed by atoms with Gasteiger partial charge in [-0.2, -0.15) is 0 Å². The predicted octanol–water partition coefficient (Wildman–Crippen LogP) is 2.47. The Morgan fingerprint density at radius 1 is 1.23 bits per heavy atom. The Labute approximate surface area is 128 Å². The number of H-pyrrole nitrogens is 1. The Hall–Kier alpha value is -2.36. The third-order valence-corrected chi connectivity index (χ3v) is 4.94. The van der Waals surface area contributed by atoms with Crippen LogP contribution in [-0.2, 0) is 0 Å². The van der Waals surface area contributed by atoms with E-state index in [2.05, 4.69) is 22.5 Å². The second-order valence-electron chi connectivity index (χ2n) is 6.34. The minimum atomic E-state index is -0.244. The third kappa shape index (κ3) is 2.25. The number of hydrogen-bond donors (Lipinski definition) is 2. The van der Waals surface area contributed by atoms with Crippen molar-refractivity contribution in [2.24, 2.45) is 17.8 Å². The molecular weight excluding hydrogens is 276 g/mol. The normalized spacial score (nSPS) is 25.7. The highest BCUT2D eigenvalue weighted by Gasteiger charge is 2.35. The number of carbonyl (C=O) groups excluding carboxylic acids is 1. The van der Waals surface area contributed by atoms with Gasteiger partial charge in [0.25, 0.3) is 5.91 Å². The maximum absolute atomic E-state index is 12.5. The summed E-state index contributed by atoms with van der Waals surface area (Å²) in [5.74, 6) is 1.69. The van der Waals surface area contributed by atoms with Crippen molar-refractivity contribution in [2.75, 3.05) is 6.54 Å². The number of amides is 1. The van der Waals surface area contributed by atoms with Crippen LogP contribution in [0.4, 0.5) is 0 Å². The van der Waals surface area contributed by atoms with E-state index in [0.29, 0.717) is 35.4 Å². The van der Waals surface area contributed by atoms with Crippen molar-refractivity contribution >= 4 is 16.8 Å². The van der Waals surface area contributed by atoms with Gasteiger partial charge in [0, 0.05) is 23.5 Å². The lowest BCUT2D eigenvalue weighted by Crippen LogP contribution is -2.31. The molecule has 0 unspecified atom stereocenters. The molecule has 0 radical (unpaired) electrons. The molecule has 2 aliphatic carbocycles. The molecule has 2 N–H and O–H groups in total. The summed E-state index contributed by atoms with van der Waals surface area (Å²) < 4.78 is 0. The molecule has 2 aromatic rings. The highest BCUT2D eigenvalue weighted by molar-refractivity contribution is 6.05. The number of benzene rings is 1. The van der Waals surface area contributed by atoms with E-state index in [0.717, 1.165) is 11.8 Å². The number of aromatic amines is 1. The summed E-state index contributed by atoms with van der Waals surface area (Å²) in [6, 6.07) is 8.78. The van der Waals surface area contributed by atoms with Crippen LogP contribution in [-0.4, -0.2) is 17.4 Å². The van der Waals surface area contributed by atoms with Gasteiger partial charge in [-0.3, -0.25) is 9.59 Å². The SMILES string of the molecule is O=C(NC[C@@H]1C[C@@H]2C=C[C@H]1C2)c1cc(=O)[nH]c2ccccc12. The fourth-order valence-corrected chi connectivity index (χ4v) is 3.84. The molecule has 0 saturated heterocycles. The van der Waals surface area contributed by atoms with Gasteiger partial charge in [0.1, 0.15) is 0 Å². The van der Waals surface area contributed by atoms with E-state index in [1.807, 2.05) is 24.3 Å². The highest BCUT2D eigenvalue weighted by atomic mass is 16.2. The Morgan fingerprint density at radius 2 is 2.09 bits per heavy atom. The monoisotopic (exact) mass is 294 g/mol. The van der Waals surface area contributed by atoms with Gasteiger partial charge in [0.15, 0.2) is 0 Å². The number of fused-ring (bicyclic) bond motifs is 3. The summed E-state index contributed by atoms with van der Waals surface area (Å²) in [6.45, 7) is 0.686. The van der Waals surface area contributed by atoms with Gasteiger partial charge in [0.05, 0.1) is 5.56 Å². The van der Waals surface area contributed by atoms with Crippen molar-refractivity contribution in [1.82, 2.24) is 10.3 Å². The molecule has 4 heteroatoms. The van der Waals surface area contributed by atoms with Crippen LogP contribution < -0.4 is 10.9 Å². The van der Waals surface area contributed by atoms with Gasteiger partial charge in [-0.1, -0.05) is 30.4 Å². The average molecular weight is 294 g/mol. The maximum Gasteiger partial charge on any atom is 0.252 e. The smallest absolute Gasteiger partial charge is 0.252 e. The predicted molar refractivity (Wildman–Crippen MR) is 85.7 cm³/mol. The molecule has 2 aliphatic rings. The van der Waals surface area contributed by atoms with Gasteiger partial charge < -0.3 is 10.3 Å². The third-order valence-electron chi connectivity index (χ3n) is 4.94. The number of rotatable bonds is 3. The largest absolute Gasteiger partial charge is 0.352 e. The summed E-state index contributed by atoms with van der Waals surface area (Å²) in [5, 5.41) is 3.80. The standard InChI is InChI=1S/C18H18N2O2/c21-17-9-15(14-3-1-2-4-16(14)20-17)18(22)19-10-13-8-11-5-6-12(13)7-11/h1-6,9,11-13H,7-8,10H2,(H,19,22)(H,20,21)/t11-,12+,13+/m1/s1. The Kier molecular flexibility index (Phi) is 3.10. The molecule has 4 rings (SSSR count). The van der Waals surface area contributed by atoms with Crippen molar-refractivity contribution < 1.29 is 4.79 Å². The Bertz CT molecular complexity index is 821. The molecule has 112 valence electrons. The molecule has 0 spiro atoms. The number of para-hydroxylation sites is 1. The first-order chi connectivity index (χ1) is 10.7. The lowest BCUT2D eigenvalue weighted by atomic mass is 9.93. The minimum Gasteiger partial charge on any atom is -0.352 e. The van der Waals surface area contributed by atoms with Gasteiger partial charge in [-0.25, -0.2) is 0 Å². The van der Waals surface area contributed by atoms with E-state index in [9.17, 15) is 9.59 Å². The zero-order valence-electron chi connectivity index (χ0n) is 12.2. The molecule has 1 fully saturated rings. The summed E-state index contributed by atoms with van der Waals surface area (Å²) in [7, 11) is 0. The van der Waals surface area contributed by atoms with Crippen LogP contribution in [0.15, 0.2) is 47.3 Å². The van der Waals surface area contributed by atoms with Crippen LogP contribution in [0.3, 0.4) is 0 Å². The van der Waals surface area contributed by atoms with Crippen molar-refractivity contribution in [3.63, 3.8) is 0 Å². The van der Waals surface area contributed by atoms with Crippen molar-refractivity contribution in [2.45, 2.75) is 12.8 Å². The van der Waals surface area contributed by atoms with Gasteiger partial charge in [0.2, 0.25) is 5.56 Å². The van der Waals surface area contributed by atoms with Crippen molar-refractivity contribution in [1.29, 1.82) is 0 Å². The van der Waals surface area contributed by atoms with E-state index >= 15 is 0 Å². The molecule has 1 aromatic heterocycles. The van der Waals surface area contributed by atoms with E-state index in [1.54, 1.807) is 0 Å². The van der Waals surface area contributed by atoms with Crippen LogP contribution in [0.2, 0.25) is 0 Å². The molecule has 2 bridgehead atoms. The number of aromatic nitrogens is 1. The van der Waals surface area contributed by atoms with Crippen LogP contribution in [0.1, 0.15) is 23.2 Å². The van der Waals surface area contributed by atoms with Crippen molar-refractivity contribution in [3.05, 3.63) is 58.4 Å². The van der Waals surface area contributed by atoms with E-state index in [1.165, 1.54) is 12.5 Å². The van der Waals surface area contributed by atoms with Crippen LogP contribution in [0, 0.1) is 17.8 Å². The number of pyridine rings is 1. The number of nitrogens with one attached hydrogen (secondary N) is 2. The lowest BCUT2D eigenvalue weighted by molar-refractivity contribution is 0.0946. The fourth-order valence-electron chi connectivity index (χ4n) is 3.84. The fraction of sp³-hybridized carbons (Fsp3) is 0.333. The van der Waals surface area contributed by atoms with E-state index in [4.69, 9.17) is 0 Å². The van der Waals surface area contributed by atoms with Crippen molar-refractivity contribution in [3.8, 4) is 0 Å².